The molecule has 2 aliphatic carbocycles. The molecule has 0 radical (unpaired) electrons. The number of thiocarbonyl (C=S) groups is 2. The number of rotatable bonds is 2. The van der Waals surface area contributed by atoms with E-state index >= 15 is 0 Å². The third-order valence-corrected chi connectivity index (χ3v) is 6.12. The van der Waals surface area contributed by atoms with E-state index in [0.717, 1.165) is 6.42 Å². The van der Waals surface area contributed by atoms with Crippen LogP contribution in [0.2, 0.25) is 0 Å². The minimum atomic E-state index is -0.115. The number of benzene rings is 2. The topological polar surface area (TPSA) is 42.5 Å². The van der Waals surface area contributed by atoms with E-state index in [1.807, 2.05) is 0 Å². The lowest BCUT2D eigenvalue weighted by Gasteiger charge is -2.46. The van der Waals surface area contributed by atoms with Crippen LogP contribution >= 0.6 is 24.4 Å². The smallest absolute Gasteiger partial charge is 0.257 e. The van der Waals surface area contributed by atoms with Gasteiger partial charge in [0, 0.05) is 25.9 Å². The lowest BCUT2D eigenvalue weighted by Crippen LogP contribution is -2.37. The van der Waals surface area contributed by atoms with Crippen LogP contribution in [0.15, 0.2) is 48.5 Å². The van der Waals surface area contributed by atoms with E-state index in [4.69, 9.17) is 33.9 Å². The molecule has 0 saturated carbocycles. The fraction of sp³-hybridized carbons (Fsp3) is 0.333. The van der Waals surface area contributed by atoms with Gasteiger partial charge in [-0.2, -0.15) is 0 Å². The number of nitrogens with one attached hydrogen (secondary N) is 2. The van der Waals surface area contributed by atoms with Gasteiger partial charge in [-0.05, 0) is 53.1 Å². The second-order valence-corrected chi connectivity index (χ2v) is 7.60. The first kappa shape index (κ1) is 18.2. The van der Waals surface area contributed by atoms with Crippen molar-refractivity contribution in [2.24, 2.45) is 0 Å². The van der Waals surface area contributed by atoms with Crippen LogP contribution < -0.4 is 10.6 Å². The van der Waals surface area contributed by atoms with Gasteiger partial charge in [-0.15, -0.1) is 0 Å². The number of hydrogen-bond acceptors (Lipinski definition) is 4. The Labute approximate surface area is 170 Å². The lowest BCUT2D eigenvalue weighted by atomic mass is 9.64. The van der Waals surface area contributed by atoms with Crippen LogP contribution in [0.3, 0.4) is 0 Å². The van der Waals surface area contributed by atoms with E-state index in [1.165, 1.54) is 22.3 Å². The molecule has 4 atom stereocenters. The van der Waals surface area contributed by atoms with Crippen LogP contribution in [0.5, 0.6) is 0 Å². The van der Waals surface area contributed by atoms with Crippen molar-refractivity contribution in [2.45, 2.75) is 30.5 Å². The summed E-state index contributed by atoms with van der Waals surface area (Å²) < 4.78 is 12.4. The second-order valence-electron chi connectivity index (χ2n) is 6.86. The SMILES string of the molecule is CNC(=S)O[C@H]1c2ccccc2[C@@H]2C[C@H]1c1ccccc1[C@@H]2OC(=S)NC. The molecule has 2 bridgehead atoms. The van der Waals surface area contributed by atoms with E-state index < -0.39 is 0 Å². The van der Waals surface area contributed by atoms with Gasteiger partial charge in [0.05, 0.1) is 0 Å². The highest BCUT2D eigenvalue weighted by molar-refractivity contribution is 7.80. The van der Waals surface area contributed by atoms with Crippen LogP contribution in [0.25, 0.3) is 0 Å². The molecule has 0 heterocycles. The van der Waals surface area contributed by atoms with E-state index in [9.17, 15) is 0 Å². The van der Waals surface area contributed by atoms with Crippen LogP contribution in [-0.4, -0.2) is 24.4 Å². The summed E-state index contributed by atoms with van der Waals surface area (Å²) in [6.07, 6.45) is 0.702. The van der Waals surface area contributed by atoms with Crippen LogP contribution in [0, 0.1) is 0 Å². The van der Waals surface area contributed by atoms with Gasteiger partial charge in [-0.25, -0.2) is 0 Å². The number of fused-ring (bicyclic) bond motifs is 6. The van der Waals surface area contributed by atoms with Crippen molar-refractivity contribution in [3.63, 3.8) is 0 Å². The Hall–Kier alpha value is -2.18. The first-order valence-corrected chi connectivity index (χ1v) is 9.90. The first-order chi connectivity index (χ1) is 13.1. The zero-order valence-electron chi connectivity index (χ0n) is 15.3. The fourth-order valence-electron chi connectivity index (χ4n) is 4.39. The van der Waals surface area contributed by atoms with Gasteiger partial charge in [0.25, 0.3) is 10.3 Å². The maximum absolute atomic E-state index is 6.19. The Balaban J connectivity index is 1.84. The van der Waals surface area contributed by atoms with Crippen molar-refractivity contribution in [1.82, 2.24) is 10.6 Å². The van der Waals surface area contributed by atoms with Crippen LogP contribution in [0.1, 0.15) is 52.7 Å². The standard InChI is InChI=1S/C21H22N2O2S2/c1-22-20(26)24-18-14-9-5-3-7-12(14)17-11-16(18)13-8-4-6-10-15(13)19(17)25-21(27)23-2/h3-10,16-19H,11H2,1-2H3,(H,22,26)(H,23,27)/t16-,17-,18-,19-/m0/s1. The first-order valence-electron chi connectivity index (χ1n) is 9.08. The molecule has 0 saturated heterocycles. The minimum absolute atomic E-state index is 0.115. The predicted octanol–water partition coefficient (Wildman–Crippen LogP) is 4.10. The van der Waals surface area contributed by atoms with Gasteiger partial charge < -0.3 is 20.1 Å². The van der Waals surface area contributed by atoms with E-state index in [0.29, 0.717) is 10.3 Å². The Morgan fingerprint density at radius 2 is 1.11 bits per heavy atom. The van der Waals surface area contributed by atoms with Crippen molar-refractivity contribution in [1.29, 1.82) is 0 Å². The van der Waals surface area contributed by atoms with Crippen molar-refractivity contribution >= 4 is 34.8 Å². The third-order valence-electron chi connectivity index (χ3n) is 5.52. The molecule has 27 heavy (non-hydrogen) atoms. The molecule has 4 rings (SSSR count). The lowest BCUT2D eigenvalue weighted by molar-refractivity contribution is 0.0801. The quantitative estimate of drug-likeness (QED) is 0.743. The molecule has 140 valence electrons. The predicted molar refractivity (Wildman–Crippen MR) is 114 cm³/mol. The van der Waals surface area contributed by atoms with Crippen molar-refractivity contribution < 1.29 is 9.47 Å². The fourth-order valence-corrected chi connectivity index (χ4v) is 4.60. The van der Waals surface area contributed by atoms with Gasteiger partial charge in [-0.3, -0.25) is 0 Å². The Bertz CT molecular complexity index is 814. The van der Waals surface area contributed by atoms with Gasteiger partial charge in [-0.1, -0.05) is 48.5 Å². The molecule has 6 heteroatoms. The van der Waals surface area contributed by atoms with Gasteiger partial charge in [0.1, 0.15) is 12.2 Å². The molecule has 2 aromatic carbocycles. The maximum atomic E-state index is 6.19. The van der Waals surface area contributed by atoms with Crippen molar-refractivity contribution in [3.8, 4) is 0 Å². The summed E-state index contributed by atoms with van der Waals surface area (Å²) in [6.45, 7) is 0. The van der Waals surface area contributed by atoms with Gasteiger partial charge in [0.15, 0.2) is 0 Å². The molecule has 2 aliphatic rings. The number of ether oxygens (including phenoxy) is 2. The normalized spacial score (nSPS) is 24.8. The molecule has 0 amide bonds. The van der Waals surface area contributed by atoms with Crippen LogP contribution in [0.4, 0.5) is 0 Å². The molecule has 0 aliphatic heterocycles. The molecule has 0 aromatic heterocycles. The van der Waals surface area contributed by atoms with Gasteiger partial charge in [0.2, 0.25) is 0 Å². The Kier molecular flexibility index (Phi) is 5.02. The average Bonchev–Trinajstić information content (AvgIpc) is 2.72. The maximum Gasteiger partial charge on any atom is 0.257 e. The van der Waals surface area contributed by atoms with Crippen molar-refractivity contribution in [3.05, 3.63) is 70.8 Å². The summed E-state index contributed by atoms with van der Waals surface area (Å²) in [7, 11) is 3.58. The largest absolute Gasteiger partial charge is 0.462 e. The Morgan fingerprint density at radius 1 is 0.741 bits per heavy atom. The molecular formula is C21H22N2O2S2. The Morgan fingerprint density at radius 3 is 1.48 bits per heavy atom. The summed E-state index contributed by atoms with van der Waals surface area (Å²) in [5.74, 6) is 0.436. The van der Waals surface area contributed by atoms with E-state index in [2.05, 4.69) is 59.2 Å². The molecule has 2 aromatic rings. The highest BCUT2D eigenvalue weighted by Gasteiger charge is 2.47. The summed E-state index contributed by atoms with van der Waals surface area (Å²) in [5, 5.41) is 6.72. The minimum Gasteiger partial charge on any atom is -0.462 e. The van der Waals surface area contributed by atoms with Gasteiger partial charge >= 0.3 is 0 Å². The second kappa shape index (κ2) is 7.44. The average molecular weight is 399 g/mol. The summed E-state index contributed by atoms with van der Waals surface area (Å²) >= 11 is 10.6. The third kappa shape index (κ3) is 3.17. The number of hydrogen-bond donors (Lipinski definition) is 2. The molecule has 0 fully saturated rings. The zero-order valence-corrected chi connectivity index (χ0v) is 16.9. The van der Waals surface area contributed by atoms with Crippen molar-refractivity contribution in [2.75, 3.05) is 14.1 Å². The highest BCUT2D eigenvalue weighted by atomic mass is 32.1. The summed E-state index contributed by atoms with van der Waals surface area (Å²) in [6, 6.07) is 16.9. The summed E-state index contributed by atoms with van der Waals surface area (Å²) in [4.78, 5) is 0. The zero-order chi connectivity index (χ0) is 19.0. The van der Waals surface area contributed by atoms with E-state index in [1.54, 1.807) is 14.1 Å². The highest BCUT2D eigenvalue weighted by Crippen LogP contribution is 2.57. The molecule has 4 nitrogen and oxygen atoms in total. The molecule has 2 N–H and O–H groups in total. The summed E-state index contributed by atoms with van der Waals surface area (Å²) in [5.41, 5.74) is 4.84. The monoisotopic (exact) mass is 398 g/mol. The van der Waals surface area contributed by atoms with E-state index in [-0.39, 0.29) is 24.0 Å². The van der Waals surface area contributed by atoms with Crippen LogP contribution in [-0.2, 0) is 9.47 Å². The molecule has 0 spiro atoms. The molecular weight excluding hydrogens is 376 g/mol. The molecule has 0 unspecified atom stereocenters.